The first kappa shape index (κ1) is 9.73. The zero-order chi connectivity index (χ0) is 10.8. The predicted octanol–water partition coefficient (Wildman–Crippen LogP) is 2.58. The number of hydrogen-bond donors (Lipinski definition) is 1. The van der Waals surface area contributed by atoms with Gasteiger partial charge in [0.15, 0.2) is 0 Å². The topological polar surface area (TPSA) is 34.2 Å². The van der Waals surface area contributed by atoms with Gasteiger partial charge in [0.25, 0.3) is 0 Å². The van der Waals surface area contributed by atoms with Gasteiger partial charge < -0.3 is 14.5 Å². The summed E-state index contributed by atoms with van der Waals surface area (Å²) in [6.07, 6.45) is 3.06. The van der Waals surface area contributed by atoms with E-state index >= 15 is 0 Å². The normalized spacial score (nSPS) is 20.4. The number of benzene rings is 1. The number of fused-ring (bicyclic) bond motifs is 1. The molecule has 1 aromatic heterocycles. The van der Waals surface area contributed by atoms with Gasteiger partial charge in [-0.15, -0.1) is 0 Å². The number of nitrogens with one attached hydrogen (secondary N) is 1. The molecule has 1 atom stereocenters. The predicted molar refractivity (Wildman–Crippen MR) is 62.7 cm³/mol. The van der Waals surface area contributed by atoms with Gasteiger partial charge in [-0.2, -0.15) is 0 Å². The van der Waals surface area contributed by atoms with Crippen molar-refractivity contribution in [3.05, 3.63) is 30.5 Å². The van der Waals surface area contributed by atoms with Crippen LogP contribution in [-0.2, 0) is 4.74 Å². The van der Waals surface area contributed by atoms with Crippen LogP contribution in [0.4, 0.5) is 0 Å². The number of H-pyrrole nitrogens is 1. The Morgan fingerprint density at radius 1 is 1.38 bits per heavy atom. The summed E-state index contributed by atoms with van der Waals surface area (Å²) in [6, 6.07) is 8.19. The number of ether oxygens (including phenoxy) is 2. The third-order valence-corrected chi connectivity index (χ3v) is 3.03. The Kier molecular flexibility index (Phi) is 2.54. The van der Waals surface area contributed by atoms with Crippen LogP contribution < -0.4 is 4.74 Å². The first-order valence-corrected chi connectivity index (χ1v) is 5.69. The Hall–Kier alpha value is -1.48. The van der Waals surface area contributed by atoms with Crippen molar-refractivity contribution in [2.24, 2.45) is 5.92 Å². The molecule has 2 aromatic rings. The molecule has 1 saturated heterocycles. The highest BCUT2D eigenvalue weighted by atomic mass is 16.5. The van der Waals surface area contributed by atoms with E-state index in [1.165, 1.54) is 5.39 Å². The van der Waals surface area contributed by atoms with Crippen LogP contribution in [0.25, 0.3) is 10.9 Å². The molecule has 1 unspecified atom stereocenters. The van der Waals surface area contributed by atoms with Gasteiger partial charge in [0.1, 0.15) is 5.75 Å². The molecular weight excluding hydrogens is 202 g/mol. The maximum absolute atomic E-state index is 5.77. The second-order valence-corrected chi connectivity index (χ2v) is 4.27. The van der Waals surface area contributed by atoms with Gasteiger partial charge in [0, 0.05) is 29.6 Å². The van der Waals surface area contributed by atoms with Crippen LogP contribution in [0.5, 0.6) is 5.75 Å². The highest BCUT2D eigenvalue weighted by molar-refractivity contribution is 5.80. The van der Waals surface area contributed by atoms with Crippen molar-refractivity contribution in [3.63, 3.8) is 0 Å². The molecule has 1 aliphatic heterocycles. The monoisotopic (exact) mass is 217 g/mol. The Morgan fingerprint density at radius 3 is 3.25 bits per heavy atom. The molecule has 84 valence electrons. The summed E-state index contributed by atoms with van der Waals surface area (Å²) in [4.78, 5) is 3.17. The number of aromatic amines is 1. The van der Waals surface area contributed by atoms with Crippen molar-refractivity contribution in [2.45, 2.75) is 6.42 Å². The van der Waals surface area contributed by atoms with E-state index in [-0.39, 0.29) is 0 Å². The molecule has 0 aliphatic carbocycles. The quantitative estimate of drug-likeness (QED) is 0.857. The molecule has 0 radical (unpaired) electrons. The van der Waals surface area contributed by atoms with Gasteiger partial charge in [-0.1, -0.05) is 0 Å². The lowest BCUT2D eigenvalue weighted by Gasteiger charge is -2.10. The summed E-state index contributed by atoms with van der Waals surface area (Å²) in [7, 11) is 0. The zero-order valence-electron chi connectivity index (χ0n) is 9.11. The van der Waals surface area contributed by atoms with Crippen molar-refractivity contribution in [1.82, 2.24) is 4.98 Å². The van der Waals surface area contributed by atoms with E-state index < -0.39 is 0 Å². The van der Waals surface area contributed by atoms with Crippen molar-refractivity contribution in [1.29, 1.82) is 0 Å². The maximum Gasteiger partial charge on any atom is 0.120 e. The average molecular weight is 217 g/mol. The van der Waals surface area contributed by atoms with Gasteiger partial charge in [-0.25, -0.2) is 0 Å². The molecule has 0 saturated carbocycles. The number of rotatable bonds is 3. The third-order valence-electron chi connectivity index (χ3n) is 3.03. The SMILES string of the molecule is c1cc2cc(OCC3CCOC3)ccc2[nH]1. The molecule has 0 amide bonds. The van der Waals surface area contributed by atoms with Crippen LogP contribution in [0.1, 0.15) is 6.42 Å². The Balaban J connectivity index is 1.68. The van der Waals surface area contributed by atoms with Crippen molar-refractivity contribution >= 4 is 10.9 Å². The summed E-state index contributed by atoms with van der Waals surface area (Å²) >= 11 is 0. The standard InChI is InChI=1S/C13H15NO2/c1-2-13-11(3-5-14-13)7-12(1)16-9-10-4-6-15-8-10/h1-3,5,7,10,14H,4,6,8-9H2. The maximum atomic E-state index is 5.77. The van der Waals surface area contributed by atoms with E-state index in [1.54, 1.807) is 0 Å². The lowest BCUT2D eigenvalue weighted by molar-refractivity contribution is 0.167. The first-order chi connectivity index (χ1) is 7.92. The van der Waals surface area contributed by atoms with Crippen LogP contribution >= 0.6 is 0 Å². The lowest BCUT2D eigenvalue weighted by Crippen LogP contribution is -2.11. The van der Waals surface area contributed by atoms with E-state index in [9.17, 15) is 0 Å². The Bertz CT molecular complexity index is 471. The molecule has 3 heteroatoms. The average Bonchev–Trinajstić information content (AvgIpc) is 2.97. The minimum Gasteiger partial charge on any atom is -0.493 e. The first-order valence-electron chi connectivity index (χ1n) is 5.69. The van der Waals surface area contributed by atoms with Crippen LogP contribution in [-0.4, -0.2) is 24.8 Å². The molecule has 2 heterocycles. The smallest absolute Gasteiger partial charge is 0.120 e. The largest absolute Gasteiger partial charge is 0.493 e. The fraction of sp³-hybridized carbons (Fsp3) is 0.385. The molecule has 1 aliphatic rings. The minimum atomic E-state index is 0.557. The van der Waals surface area contributed by atoms with Crippen molar-refractivity contribution < 1.29 is 9.47 Å². The highest BCUT2D eigenvalue weighted by Gasteiger charge is 2.16. The van der Waals surface area contributed by atoms with E-state index in [0.29, 0.717) is 5.92 Å². The summed E-state index contributed by atoms with van der Waals surface area (Å²) in [6.45, 7) is 2.48. The molecule has 16 heavy (non-hydrogen) atoms. The molecule has 0 spiro atoms. The highest BCUT2D eigenvalue weighted by Crippen LogP contribution is 2.21. The second-order valence-electron chi connectivity index (χ2n) is 4.27. The van der Waals surface area contributed by atoms with E-state index in [0.717, 1.165) is 37.5 Å². The molecule has 3 nitrogen and oxygen atoms in total. The van der Waals surface area contributed by atoms with Gasteiger partial charge in [-0.3, -0.25) is 0 Å². The molecule has 3 rings (SSSR count). The van der Waals surface area contributed by atoms with Crippen molar-refractivity contribution in [2.75, 3.05) is 19.8 Å². The molecule has 1 aromatic carbocycles. The fourth-order valence-corrected chi connectivity index (χ4v) is 2.05. The summed E-state index contributed by atoms with van der Waals surface area (Å²) < 4.78 is 11.1. The van der Waals surface area contributed by atoms with Gasteiger partial charge in [-0.05, 0) is 30.7 Å². The summed E-state index contributed by atoms with van der Waals surface area (Å²) in [5.74, 6) is 1.50. The molecule has 1 N–H and O–H groups in total. The van der Waals surface area contributed by atoms with E-state index in [2.05, 4.69) is 23.2 Å². The van der Waals surface area contributed by atoms with Crippen LogP contribution in [0.3, 0.4) is 0 Å². The Morgan fingerprint density at radius 2 is 2.38 bits per heavy atom. The molecular formula is C13H15NO2. The Labute approximate surface area is 94.4 Å². The lowest BCUT2D eigenvalue weighted by atomic mass is 10.1. The summed E-state index contributed by atoms with van der Waals surface area (Å²) in [5.41, 5.74) is 1.15. The van der Waals surface area contributed by atoms with Crippen LogP contribution in [0.15, 0.2) is 30.5 Å². The van der Waals surface area contributed by atoms with Gasteiger partial charge in [0.2, 0.25) is 0 Å². The number of hydrogen-bond acceptors (Lipinski definition) is 2. The van der Waals surface area contributed by atoms with Crippen LogP contribution in [0.2, 0.25) is 0 Å². The van der Waals surface area contributed by atoms with Crippen molar-refractivity contribution in [3.8, 4) is 5.75 Å². The van der Waals surface area contributed by atoms with E-state index in [1.807, 2.05) is 12.3 Å². The second kappa shape index (κ2) is 4.18. The minimum absolute atomic E-state index is 0.557. The fourth-order valence-electron chi connectivity index (χ4n) is 2.05. The molecule has 0 bridgehead atoms. The third kappa shape index (κ3) is 1.91. The van der Waals surface area contributed by atoms with Gasteiger partial charge >= 0.3 is 0 Å². The number of aromatic nitrogens is 1. The zero-order valence-corrected chi connectivity index (χ0v) is 9.11. The molecule has 1 fully saturated rings. The summed E-state index contributed by atoms with van der Waals surface area (Å²) in [5, 5.41) is 1.19. The van der Waals surface area contributed by atoms with Gasteiger partial charge in [0.05, 0.1) is 13.2 Å². The van der Waals surface area contributed by atoms with Crippen LogP contribution in [0, 0.1) is 5.92 Å². The van der Waals surface area contributed by atoms with E-state index in [4.69, 9.17) is 9.47 Å².